The molecule has 0 saturated heterocycles. The Kier molecular flexibility index (Phi) is 4.48. The number of benzene rings is 2. The van der Waals surface area contributed by atoms with Gasteiger partial charge in [-0.1, -0.05) is 12.1 Å². The number of amides is 3. The number of carbonyl (C=O) groups is 3. The van der Waals surface area contributed by atoms with Crippen molar-refractivity contribution in [3.63, 3.8) is 0 Å². The van der Waals surface area contributed by atoms with Gasteiger partial charge in [-0.2, -0.15) is 4.98 Å². The van der Waals surface area contributed by atoms with E-state index in [0.717, 1.165) is 21.9 Å². The number of methoxy groups -OCH3 is 1. The monoisotopic (exact) mass is 433 g/mol. The molecule has 2 aromatic heterocycles. The van der Waals surface area contributed by atoms with Crippen LogP contribution in [0.2, 0.25) is 0 Å². The van der Waals surface area contributed by atoms with Crippen molar-refractivity contribution < 1.29 is 19.1 Å². The molecule has 3 amide bonds. The molecule has 4 aromatic rings. The van der Waals surface area contributed by atoms with E-state index in [4.69, 9.17) is 4.74 Å². The lowest BCUT2D eigenvalue weighted by molar-refractivity contribution is -0.116. The highest BCUT2D eigenvalue weighted by Crippen LogP contribution is 2.27. The number of hydrogen-bond acceptors (Lipinski definition) is 7. The van der Waals surface area contributed by atoms with E-state index in [9.17, 15) is 14.4 Å². The fourth-order valence-corrected chi connectivity index (χ4v) is 4.22. The second kappa shape index (κ2) is 7.33. The lowest BCUT2D eigenvalue weighted by atomic mass is 10.1. The molecule has 9 nitrogen and oxygen atoms in total. The molecule has 3 heterocycles. The van der Waals surface area contributed by atoms with Crippen molar-refractivity contribution in [1.82, 2.24) is 19.5 Å². The van der Waals surface area contributed by atoms with Crippen LogP contribution in [0.3, 0.4) is 0 Å². The van der Waals surface area contributed by atoms with Crippen molar-refractivity contribution in [2.45, 2.75) is 0 Å². The maximum atomic E-state index is 12.5. The minimum absolute atomic E-state index is 0.100. The van der Waals surface area contributed by atoms with Gasteiger partial charge in [-0.3, -0.25) is 24.6 Å². The van der Waals surface area contributed by atoms with Crippen LogP contribution < -0.4 is 10.1 Å². The molecule has 154 valence electrons. The second-order valence-electron chi connectivity index (χ2n) is 6.77. The fourth-order valence-electron chi connectivity index (χ4n) is 3.39. The Labute approximate surface area is 179 Å². The van der Waals surface area contributed by atoms with E-state index in [2.05, 4.69) is 15.4 Å². The summed E-state index contributed by atoms with van der Waals surface area (Å²) >= 11 is 1.38. The highest BCUT2D eigenvalue weighted by molar-refractivity contribution is 7.15. The van der Waals surface area contributed by atoms with E-state index >= 15 is 0 Å². The molecule has 0 bridgehead atoms. The van der Waals surface area contributed by atoms with E-state index < -0.39 is 24.3 Å². The van der Waals surface area contributed by atoms with Gasteiger partial charge >= 0.3 is 0 Å². The van der Waals surface area contributed by atoms with Gasteiger partial charge in [0.1, 0.15) is 12.3 Å². The van der Waals surface area contributed by atoms with Crippen LogP contribution in [0.1, 0.15) is 20.7 Å². The minimum Gasteiger partial charge on any atom is -0.497 e. The number of hydrogen-bond donors (Lipinski definition) is 1. The third-order valence-corrected chi connectivity index (χ3v) is 5.71. The van der Waals surface area contributed by atoms with Crippen molar-refractivity contribution in [2.75, 3.05) is 19.0 Å². The summed E-state index contributed by atoms with van der Waals surface area (Å²) in [4.78, 5) is 43.2. The standard InChI is InChI=1S/C21H15N5O4S/c1-30-13-8-6-12(7-9-13)16-11-31-21-23-20(24-26(16)21)22-17(27)10-25-18(28)14-4-2-3-5-15(14)19(25)29/h2-9,11H,10H2,1H3,(H,22,24,27). The van der Waals surface area contributed by atoms with Crippen LogP contribution >= 0.6 is 11.3 Å². The highest BCUT2D eigenvalue weighted by atomic mass is 32.1. The Hall–Kier alpha value is -4.05. The lowest BCUT2D eigenvalue weighted by Crippen LogP contribution is -2.37. The largest absolute Gasteiger partial charge is 0.497 e. The summed E-state index contributed by atoms with van der Waals surface area (Å²) in [5.41, 5.74) is 2.33. The summed E-state index contributed by atoms with van der Waals surface area (Å²) < 4.78 is 6.81. The van der Waals surface area contributed by atoms with Gasteiger partial charge in [0.25, 0.3) is 17.8 Å². The Bertz CT molecular complexity index is 1310. The van der Waals surface area contributed by atoms with E-state index in [1.165, 1.54) is 11.3 Å². The topological polar surface area (TPSA) is 106 Å². The summed E-state index contributed by atoms with van der Waals surface area (Å²) in [6.45, 7) is -0.412. The number of anilines is 1. The molecule has 5 rings (SSSR count). The molecule has 0 radical (unpaired) electrons. The fraction of sp³-hybridized carbons (Fsp3) is 0.0952. The van der Waals surface area contributed by atoms with Gasteiger partial charge < -0.3 is 4.74 Å². The average molecular weight is 433 g/mol. The molecule has 2 aromatic carbocycles. The van der Waals surface area contributed by atoms with Crippen molar-refractivity contribution in [2.24, 2.45) is 0 Å². The van der Waals surface area contributed by atoms with Gasteiger partial charge in [0.15, 0.2) is 0 Å². The Morgan fingerprint density at radius 1 is 1.06 bits per heavy atom. The molecular weight excluding hydrogens is 418 g/mol. The zero-order chi connectivity index (χ0) is 21.5. The predicted octanol–water partition coefficient (Wildman–Crippen LogP) is 2.70. The maximum Gasteiger partial charge on any atom is 0.262 e. The number of nitrogens with one attached hydrogen (secondary N) is 1. The van der Waals surface area contributed by atoms with Crippen LogP contribution in [0.25, 0.3) is 16.2 Å². The first-order chi connectivity index (χ1) is 15.0. The highest BCUT2D eigenvalue weighted by Gasteiger charge is 2.36. The summed E-state index contributed by atoms with van der Waals surface area (Å²) in [5.74, 6) is -0.690. The first-order valence-electron chi connectivity index (χ1n) is 9.29. The van der Waals surface area contributed by atoms with E-state index in [1.54, 1.807) is 35.9 Å². The van der Waals surface area contributed by atoms with Gasteiger partial charge in [0.2, 0.25) is 10.9 Å². The van der Waals surface area contributed by atoms with Crippen LogP contribution in [0, 0.1) is 0 Å². The molecule has 10 heteroatoms. The third kappa shape index (κ3) is 3.22. The van der Waals surface area contributed by atoms with Gasteiger partial charge in [0.05, 0.1) is 23.9 Å². The number of thiazole rings is 1. The minimum atomic E-state index is -0.557. The number of imide groups is 1. The molecule has 0 atom stereocenters. The molecule has 0 saturated carbocycles. The second-order valence-corrected chi connectivity index (χ2v) is 7.61. The van der Waals surface area contributed by atoms with Crippen LogP contribution in [0.5, 0.6) is 5.75 Å². The normalized spacial score (nSPS) is 13.0. The molecule has 31 heavy (non-hydrogen) atoms. The SMILES string of the molecule is COc1ccc(-c2csc3nc(NC(=O)CN4C(=O)c5ccccc5C4=O)nn23)cc1. The summed E-state index contributed by atoms with van der Waals surface area (Å²) in [6, 6.07) is 14.0. The van der Waals surface area contributed by atoms with Gasteiger partial charge in [-0.25, -0.2) is 4.52 Å². The summed E-state index contributed by atoms with van der Waals surface area (Å²) in [6.07, 6.45) is 0. The lowest BCUT2D eigenvalue weighted by Gasteiger charge is -2.12. The number of fused-ring (bicyclic) bond motifs is 2. The number of nitrogens with zero attached hydrogens (tertiary/aromatic N) is 4. The molecule has 0 aliphatic carbocycles. The van der Waals surface area contributed by atoms with Crippen molar-refractivity contribution in [3.8, 4) is 17.0 Å². The van der Waals surface area contributed by atoms with Crippen LogP contribution in [-0.4, -0.2) is 50.9 Å². The van der Waals surface area contributed by atoms with Gasteiger partial charge in [-0.15, -0.1) is 16.4 Å². The third-order valence-electron chi connectivity index (χ3n) is 4.90. The molecular formula is C21H15N5O4S. The molecule has 1 aliphatic heterocycles. The predicted molar refractivity (Wildman–Crippen MR) is 113 cm³/mol. The van der Waals surface area contributed by atoms with E-state index in [1.807, 2.05) is 29.6 Å². The number of rotatable bonds is 5. The van der Waals surface area contributed by atoms with Crippen molar-refractivity contribution in [3.05, 3.63) is 65.0 Å². The van der Waals surface area contributed by atoms with Crippen molar-refractivity contribution >= 4 is 40.0 Å². The summed E-state index contributed by atoms with van der Waals surface area (Å²) in [5, 5.41) is 8.83. The van der Waals surface area contributed by atoms with Crippen molar-refractivity contribution in [1.29, 1.82) is 0 Å². The van der Waals surface area contributed by atoms with E-state index in [-0.39, 0.29) is 5.95 Å². The average Bonchev–Trinajstić information content (AvgIpc) is 3.42. The smallest absolute Gasteiger partial charge is 0.262 e. The molecule has 1 N–H and O–H groups in total. The Balaban J connectivity index is 1.33. The zero-order valence-electron chi connectivity index (χ0n) is 16.2. The molecule has 1 aliphatic rings. The molecule has 0 unspecified atom stereocenters. The summed E-state index contributed by atoms with van der Waals surface area (Å²) in [7, 11) is 1.60. The van der Waals surface area contributed by atoms with E-state index in [0.29, 0.717) is 16.1 Å². The van der Waals surface area contributed by atoms with Gasteiger partial charge in [0, 0.05) is 10.9 Å². The zero-order valence-corrected chi connectivity index (χ0v) is 17.0. The van der Waals surface area contributed by atoms with Crippen LogP contribution in [0.4, 0.5) is 5.95 Å². The molecule has 0 spiro atoms. The quantitative estimate of drug-likeness (QED) is 0.485. The van der Waals surface area contributed by atoms with Gasteiger partial charge in [-0.05, 0) is 36.4 Å². The maximum absolute atomic E-state index is 12.5. The number of ether oxygens (including phenoxy) is 1. The Morgan fingerprint density at radius 2 is 1.74 bits per heavy atom. The first-order valence-corrected chi connectivity index (χ1v) is 10.2. The van der Waals surface area contributed by atoms with Crippen LogP contribution in [-0.2, 0) is 4.79 Å². The van der Waals surface area contributed by atoms with Crippen LogP contribution in [0.15, 0.2) is 53.9 Å². The Morgan fingerprint density at radius 3 is 2.39 bits per heavy atom. The number of carbonyl (C=O) groups excluding carboxylic acids is 3. The first kappa shape index (κ1) is 18.9. The number of aromatic nitrogens is 3. The molecule has 0 fully saturated rings.